The van der Waals surface area contributed by atoms with Crippen LogP contribution in [0.1, 0.15) is 29.8 Å². The summed E-state index contributed by atoms with van der Waals surface area (Å²) in [5.41, 5.74) is 1.56. The molecule has 0 aliphatic heterocycles. The van der Waals surface area contributed by atoms with E-state index in [2.05, 4.69) is 5.32 Å². The van der Waals surface area contributed by atoms with Crippen molar-refractivity contribution in [2.24, 2.45) is 11.8 Å². The molecule has 0 spiro atoms. The van der Waals surface area contributed by atoms with Crippen molar-refractivity contribution < 1.29 is 14.7 Å². The van der Waals surface area contributed by atoms with Crippen molar-refractivity contribution in [1.29, 1.82) is 0 Å². The first-order chi connectivity index (χ1) is 8.41. The van der Waals surface area contributed by atoms with Gasteiger partial charge in [-0.2, -0.15) is 0 Å². The van der Waals surface area contributed by atoms with E-state index in [9.17, 15) is 9.59 Å². The second kappa shape index (κ2) is 6.19. The van der Waals surface area contributed by atoms with Crippen LogP contribution >= 0.6 is 0 Å². The average molecular weight is 249 g/mol. The molecular formula is C14H19NO3. The smallest absolute Gasteiger partial charge is 0.308 e. The molecule has 4 heteroatoms. The van der Waals surface area contributed by atoms with Crippen molar-refractivity contribution in [3.8, 4) is 0 Å². The second-order valence-electron chi connectivity index (χ2n) is 4.77. The highest BCUT2D eigenvalue weighted by Crippen LogP contribution is 2.10. The van der Waals surface area contributed by atoms with E-state index >= 15 is 0 Å². The maximum absolute atomic E-state index is 11.8. The fraction of sp³-hybridized carbons (Fsp3) is 0.429. The number of aryl methyl sites for hydroxylation is 1. The van der Waals surface area contributed by atoms with Gasteiger partial charge in [0.2, 0.25) is 0 Å². The molecule has 0 aliphatic rings. The molecule has 18 heavy (non-hydrogen) atoms. The summed E-state index contributed by atoms with van der Waals surface area (Å²) in [6, 6.07) is 7.21. The van der Waals surface area contributed by atoms with E-state index in [1.165, 1.54) is 0 Å². The van der Waals surface area contributed by atoms with Gasteiger partial charge in [-0.3, -0.25) is 9.59 Å². The Morgan fingerprint density at radius 1 is 1.33 bits per heavy atom. The van der Waals surface area contributed by atoms with Gasteiger partial charge in [0.25, 0.3) is 5.91 Å². The Morgan fingerprint density at radius 2 is 2.00 bits per heavy atom. The molecule has 1 aromatic rings. The number of carboxylic acid groups (broad SMARTS) is 1. The third-order valence-electron chi connectivity index (χ3n) is 2.88. The molecular weight excluding hydrogens is 230 g/mol. The Hall–Kier alpha value is -1.84. The topological polar surface area (TPSA) is 66.4 Å². The number of carbonyl (C=O) groups excluding carboxylic acids is 1. The first-order valence-electron chi connectivity index (χ1n) is 5.99. The summed E-state index contributed by atoms with van der Waals surface area (Å²) in [5.74, 6) is -1.68. The molecule has 1 unspecified atom stereocenters. The average Bonchev–Trinajstić information content (AvgIpc) is 2.28. The molecule has 0 saturated carbocycles. The zero-order chi connectivity index (χ0) is 13.7. The van der Waals surface area contributed by atoms with Crippen molar-refractivity contribution in [2.45, 2.75) is 20.8 Å². The third kappa shape index (κ3) is 3.87. The molecule has 1 rings (SSSR count). The minimum Gasteiger partial charge on any atom is -0.481 e. The number of nitrogens with one attached hydrogen (secondary N) is 1. The Kier molecular flexibility index (Phi) is 4.89. The van der Waals surface area contributed by atoms with E-state index in [1.54, 1.807) is 18.2 Å². The van der Waals surface area contributed by atoms with Gasteiger partial charge in [0.05, 0.1) is 5.92 Å². The molecule has 0 saturated heterocycles. The fourth-order valence-corrected chi connectivity index (χ4v) is 1.70. The highest BCUT2D eigenvalue weighted by molar-refractivity contribution is 5.94. The zero-order valence-corrected chi connectivity index (χ0v) is 10.9. The predicted molar refractivity (Wildman–Crippen MR) is 69.5 cm³/mol. The number of carbonyl (C=O) groups is 2. The molecule has 1 atom stereocenters. The van der Waals surface area contributed by atoms with Crippen molar-refractivity contribution >= 4 is 11.9 Å². The Bertz CT molecular complexity index is 440. The molecule has 1 aromatic carbocycles. The van der Waals surface area contributed by atoms with Crippen LogP contribution in [0.2, 0.25) is 0 Å². The highest BCUT2D eigenvalue weighted by atomic mass is 16.4. The van der Waals surface area contributed by atoms with Crippen LogP contribution in [0.3, 0.4) is 0 Å². The summed E-state index contributed by atoms with van der Waals surface area (Å²) in [7, 11) is 0. The van der Waals surface area contributed by atoms with Crippen LogP contribution in [0.4, 0.5) is 0 Å². The molecule has 0 aromatic heterocycles. The molecule has 1 amide bonds. The minimum atomic E-state index is -0.880. The van der Waals surface area contributed by atoms with Crippen LogP contribution in [-0.2, 0) is 4.79 Å². The van der Waals surface area contributed by atoms with E-state index in [1.807, 2.05) is 26.8 Å². The first kappa shape index (κ1) is 14.2. The van der Waals surface area contributed by atoms with Crippen LogP contribution in [-0.4, -0.2) is 23.5 Å². The minimum absolute atomic E-state index is 0.0136. The van der Waals surface area contributed by atoms with Gasteiger partial charge >= 0.3 is 5.97 Å². The third-order valence-corrected chi connectivity index (χ3v) is 2.88. The second-order valence-corrected chi connectivity index (χ2v) is 4.77. The Labute approximate surface area is 107 Å². The van der Waals surface area contributed by atoms with E-state index in [0.29, 0.717) is 5.56 Å². The Balaban J connectivity index is 2.63. The Morgan fingerprint density at radius 3 is 2.50 bits per heavy atom. The normalized spacial score (nSPS) is 12.2. The molecule has 0 fully saturated rings. The lowest BCUT2D eigenvalue weighted by atomic mass is 9.96. The number of aliphatic carboxylic acids is 1. The molecule has 0 bridgehead atoms. The molecule has 2 N–H and O–H groups in total. The van der Waals surface area contributed by atoms with Crippen LogP contribution < -0.4 is 5.32 Å². The zero-order valence-electron chi connectivity index (χ0n) is 10.9. The van der Waals surface area contributed by atoms with Gasteiger partial charge in [0.1, 0.15) is 0 Å². The summed E-state index contributed by atoms with van der Waals surface area (Å²) < 4.78 is 0. The van der Waals surface area contributed by atoms with Gasteiger partial charge in [-0.1, -0.05) is 31.5 Å². The summed E-state index contributed by atoms with van der Waals surface area (Å²) in [4.78, 5) is 22.8. The van der Waals surface area contributed by atoms with Crippen LogP contribution in [0, 0.1) is 18.8 Å². The monoisotopic (exact) mass is 249 g/mol. The van der Waals surface area contributed by atoms with Gasteiger partial charge in [-0.05, 0) is 25.0 Å². The van der Waals surface area contributed by atoms with Gasteiger partial charge in [-0.15, -0.1) is 0 Å². The van der Waals surface area contributed by atoms with Crippen molar-refractivity contribution in [2.75, 3.05) is 6.54 Å². The summed E-state index contributed by atoms with van der Waals surface area (Å²) in [6.07, 6.45) is 0. The van der Waals surface area contributed by atoms with Gasteiger partial charge in [-0.25, -0.2) is 0 Å². The molecule has 4 nitrogen and oxygen atoms in total. The predicted octanol–water partition coefficient (Wildman–Crippen LogP) is 2.08. The lowest BCUT2D eigenvalue weighted by Gasteiger charge is -2.16. The lowest BCUT2D eigenvalue weighted by Crippen LogP contribution is -2.35. The van der Waals surface area contributed by atoms with Gasteiger partial charge < -0.3 is 10.4 Å². The van der Waals surface area contributed by atoms with Crippen molar-refractivity contribution in [3.63, 3.8) is 0 Å². The maximum atomic E-state index is 11.8. The number of hydrogen-bond acceptors (Lipinski definition) is 2. The summed E-state index contributed by atoms with van der Waals surface area (Å²) in [5, 5.41) is 11.7. The van der Waals surface area contributed by atoms with E-state index in [0.717, 1.165) is 5.56 Å². The van der Waals surface area contributed by atoms with Crippen molar-refractivity contribution in [1.82, 2.24) is 5.32 Å². The summed E-state index contributed by atoms with van der Waals surface area (Å²) in [6.45, 7) is 5.72. The molecule has 0 aliphatic carbocycles. The van der Waals surface area contributed by atoms with E-state index in [-0.39, 0.29) is 18.4 Å². The number of amides is 1. The number of rotatable bonds is 5. The maximum Gasteiger partial charge on any atom is 0.308 e. The van der Waals surface area contributed by atoms with Crippen molar-refractivity contribution in [3.05, 3.63) is 35.4 Å². The molecule has 0 heterocycles. The van der Waals surface area contributed by atoms with Crippen LogP contribution in [0.15, 0.2) is 24.3 Å². The van der Waals surface area contributed by atoms with Gasteiger partial charge in [0, 0.05) is 12.1 Å². The van der Waals surface area contributed by atoms with Gasteiger partial charge in [0.15, 0.2) is 0 Å². The number of carboxylic acids is 1. The largest absolute Gasteiger partial charge is 0.481 e. The number of hydrogen-bond donors (Lipinski definition) is 2. The van der Waals surface area contributed by atoms with E-state index < -0.39 is 11.9 Å². The van der Waals surface area contributed by atoms with Crippen LogP contribution in [0.25, 0.3) is 0 Å². The number of benzene rings is 1. The fourth-order valence-electron chi connectivity index (χ4n) is 1.70. The SMILES string of the molecule is Cc1cccc(C(=O)NCC(C(=O)O)C(C)C)c1. The molecule has 98 valence electrons. The lowest BCUT2D eigenvalue weighted by molar-refractivity contribution is -0.142. The highest BCUT2D eigenvalue weighted by Gasteiger charge is 2.22. The summed E-state index contributed by atoms with van der Waals surface area (Å²) >= 11 is 0. The van der Waals surface area contributed by atoms with E-state index in [4.69, 9.17) is 5.11 Å². The molecule has 0 radical (unpaired) electrons. The van der Waals surface area contributed by atoms with Crippen LogP contribution in [0.5, 0.6) is 0 Å². The standard InChI is InChI=1S/C14H19NO3/c1-9(2)12(14(17)18)8-15-13(16)11-6-4-5-10(3)7-11/h4-7,9,12H,8H2,1-3H3,(H,15,16)(H,17,18). The first-order valence-corrected chi connectivity index (χ1v) is 5.99. The quantitative estimate of drug-likeness (QED) is 0.839.